The van der Waals surface area contributed by atoms with Crippen LogP contribution >= 0.6 is 15.9 Å². The number of allylic oxidation sites excluding steroid dienone is 1. The third kappa shape index (κ3) is 2.55. The summed E-state index contributed by atoms with van der Waals surface area (Å²) in [5, 5.41) is 9.62. The maximum absolute atomic E-state index is 9.62. The quantitative estimate of drug-likeness (QED) is 0.462. The van der Waals surface area contributed by atoms with Crippen molar-refractivity contribution in [2.75, 3.05) is 7.11 Å². The fourth-order valence-corrected chi connectivity index (χ4v) is 1.85. The predicted molar refractivity (Wildman–Crippen MR) is 56.8 cm³/mol. The number of halogens is 1. The lowest BCUT2D eigenvalue weighted by Gasteiger charge is -2.37. The molecule has 13 heavy (non-hydrogen) atoms. The number of hydrogen-bond donors (Lipinski definition) is 1. The summed E-state index contributed by atoms with van der Waals surface area (Å²) < 4.78 is 5.03. The summed E-state index contributed by atoms with van der Waals surface area (Å²) in [6.07, 6.45) is 5.38. The van der Waals surface area contributed by atoms with Crippen molar-refractivity contribution in [3.05, 3.63) is 12.2 Å². The van der Waals surface area contributed by atoms with Gasteiger partial charge in [-0.05, 0) is 19.8 Å². The van der Waals surface area contributed by atoms with Crippen LogP contribution in [-0.2, 0) is 4.74 Å². The van der Waals surface area contributed by atoms with Gasteiger partial charge in [0, 0.05) is 16.8 Å². The first-order chi connectivity index (χ1) is 5.90. The molecule has 0 aromatic heterocycles. The van der Waals surface area contributed by atoms with Crippen molar-refractivity contribution >= 4 is 15.9 Å². The zero-order valence-corrected chi connectivity index (χ0v) is 9.97. The number of aliphatic hydroxyl groups is 1. The van der Waals surface area contributed by atoms with Crippen molar-refractivity contribution < 1.29 is 9.84 Å². The summed E-state index contributed by atoms with van der Waals surface area (Å²) in [5.41, 5.74) is -0.234. The van der Waals surface area contributed by atoms with Crippen molar-refractivity contribution in [2.45, 2.75) is 37.3 Å². The van der Waals surface area contributed by atoms with Gasteiger partial charge in [-0.25, -0.2) is 0 Å². The molecule has 3 unspecified atom stereocenters. The molecule has 1 N–H and O–H groups in total. The Morgan fingerprint density at radius 1 is 1.38 bits per heavy atom. The van der Waals surface area contributed by atoms with Gasteiger partial charge in [-0.15, -0.1) is 0 Å². The first-order valence-corrected chi connectivity index (χ1v) is 5.29. The molecule has 3 atom stereocenters. The largest absolute Gasteiger partial charge is 0.367 e. The molecule has 0 bridgehead atoms. The van der Waals surface area contributed by atoms with Gasteiger partial charge >= 0.3 is 0 Å². The Labute approximate surface area is 88.1 Å². The SMILES string of the molecule is COC(O)C1(C)C=CC(C)(Br)CC1. The van der Waals surface area contributed by atoms with Crippen LogP contribution in [0.1, 0.15) is 26.7 Å². The molecule has 0 spiro atoms. The standard InChI is InChI=1S/C10H17BrO2/c1-9(8(12)13-3)4-6-10(2,11)7-5-9/h4,6,8,12H,5,7H2,1-3H3. The van der Waals surface area contributed by atoms with Crippen molar-refractivity contribution in [1.82, 2.24) is 0 Å². The van der Waals surface area contributed by atoms with E-state index in [0.29, 0.717) is 0 Å². The molecule has 0 heterocycles. The topological polar surface area (TPSA) is 29.5 Å². The second kappa shape index (κ2) is 3.71. The van der Waals surface area contributed by atoms with Crippen molar-refractivity contribution in [3.8, 4) is 0 Å². The highest BCUT2D eigenvalue weighted by Crippen LogP contribution is 2.41. The number of aliphatic hydroxyl groups excluding tert-OH is 1. The smallest absolute Gasteiger partial charge is 0.162 e. The van der Waals surface area contributed by atoms with Crippen LogP contribution in [0.25, 0.3) is 0 Å². The van der Waals surface area contributed by atoms with Gasteiger partial charge < -0.3 is 9.84 Å². The lowest BCUT2D eigenvalue weighted by Crippen LogP contribution is -2.36. The van der Waals surface area contributed by atoms with Gasteiger partial charge in [0.1, 0.15) is 0 Å². The minimum Gasteiger partial charge on any atom is -0.367 e. The van der Waals surface area contributed by atoms with Gasteiger partial charge in [0.05, 0.1) is 0 Å². The molecule has 3 heteroatoms. The second-order valence-electron chi connectivity index (χ2n) is 4.21. The van der Waals surface area contributed by atoms with Crippen LogP contribution in [0, 0.1) is 5.41 Å². The van der Waals surface area contributed by atoms with E-state index in [1.165, 1.54) is 7.11 Å². The van der Waals surface area contributed by atoms with Crippen LogP contribution in [0.2, 0.25) is 0 Å². The summed E-state index contributed by atoms with van der Waals surface area (Å²) in [7, 11) is 1.53. The van der Waals surface area contributed by atoms with E-state index in [1.807, 2.05) is 13.0 Å². The predicted octanol–water partition coefficient (Wildman–Crippen LogP) is 2.46. The summed E-state index contributed by atoms with van der Waals surface area (Å²) in [4.78, 5) is 0. The fourth-order valence-electron chi connectivity index (χ4n) is 1.52. The third-order valence-corrected chi connectivity index (χ3v) is 3.41. The third-order valence-electron chi connectivity index (χ3n) is 2.75. The normalized spacial score (nSPS) is 41.9. The highest BCUT2D eigenvalue weighted by atomic mass is 79.9. The molecule has 76 valence electrons. The van der Waals surface area contributed by atoms with Crippen molar-refractivity contribution in [3.63, 3.8) is 0 Å². The number of ether oxygens (including phenoxy) is 1. The molecular formula is C10H17BrO2. The van der Waals surface area contributed by atoms with Gasteiger partial charge in [-0.2, -0.15) is 0 Å². The lowest BCUT2D eigenvalue weighted by molar-refractivity contribution is -0.139. The Bertz CT molecular complexity index is 213. The second-order valence-corrected chi connectivity index (χ2v) is 6.02. The summed E-state index contributed by atoms with van der Waals surface area (Å²) in [5.74, 6) is 0. The maximum Gasteiger partial charge on any atom is 0.162 e. The molecule has 1 aliphatic carbocycles. The molecule has 0 aromatic rings. The zero-order chi connectivity index (χ0) is 10.1. The summed E-state index contributed by atoms with van der Waals surface area (Å²) >= 11 is 3.61. The molecule has 0 amide bonds. The monoisotopic (exact) mass is 248 g/mol. The van der Waals surface area contributed by atoms with Gasteiger partial charge in [0.15, 0.2) is 6.29 Å². The van der Waals surface area contributed by atoms with Crippen molar-refractivity contribution in [1.29, 1.82) is 0 Å². The molecule has 2 nitrogen and oxygen atoms in total. The van der Waals surface area contributed by atoms with Crippen LogP contribution in [0.4, 0.5) is 0 Å². The molecule has 0 aromatic carbocycles. The van der Waals surface area contributed by atoms with Crippen LogP contribution < -0.4 is 0 Å². The van der Waals surface area contributed by atoms with Crippen LogP contribution in [-0.4, -0.2) is 22.8 Å². The minimum atomic E-state index is -0.702. The molecule has 0 saturated heterocycles. The minimum absolute atomic E-state index is 0.0833. The van der Waals surface area contributed by atoms with E-state index in [-0.39, 0.29) is 9.74 Å². The van der Waals surface area contributed by atoms with E-state index >= 15 is 0 Å². The first-order valence-electron chi connectivity index (χ1n) is 4.50. The molecule has 0 aliphatic heterocycles. The first kappa shape index (κ1) is 11.2. The summed E-state index contributed by atoms with van der Waals surface area (Å²) in [6.45, 7) is 4.14. The summed E-state index contributed by atoms with van der Waals surface area (Å²) in [6, 6.07) is 0. The van der Waals surface area contributed by atoms with Crippen LogP contribution in [0.15, 0.2) is 12.2 Å². The average Bonchev–Trinajstić information content (AvgIpc) is 2.09. The highest BCUT2D eigenvalue weighted by Gasteiger charge is 2.36. The van der Waals surface area contributed by atoms with E-state index in [1.54, 1.807) is 0 Å². The number of hydrogen-bond acceptors (Lipinski definition) is 2. The molecule has 0 saturated carbocycles. The van der Waals surface area contributed by atoms with Crippen LogP contribution in [0.5, 0.6) is 0 Å². The molecular weight excluding hydrogens is 232 g/mol. The Hall–Kier alpha value is 0.140. The highest BCUT2D eigenvalue weighted by molar-refractivity contribution is 9.10. The Kier molecular flexibility index (Phi) is 3.20. The van der Waals surface area contributed by atoms with E-state index < -0.39 is 6.29 Å². The van der Waals surface area contributed by atoms with Gasteiger partial charge in [0.2, 0.25) is 0 Å². The molecule has 1 aliphatic rings. The Balaban J connectivity index is 2.75. The number of methoxy groups -OCH3 is 1. The van der Waals surface area contributed by atoms with Gasteiger partial charge in [-0.1, -0.05) is 35.0 Å². The van der Waals surface area contributed by atoms with Crippen molar-refractivity contribution in [2.24, 2.45) is 5.41 Å². The van der Waals surface area contributed by atoms with E-state index in [2.05, 4.69) is 28.9 Å². The van der Waals surface area contributed by atoms with E-state index in [9.17, 15) is 5.11 Å². The molecule has 0 fully saturated rings. The molecule has 1 rings (SSSR count). The Morgan fingerprint density at radius 3 is 2.38 bits per heavy atom. The Morgan fingerprint density at radius 2 is 2.00 bits per heavy atom. The van der Waals surface area contributed by atoms with Gasteiger partial charge in [0.25, 0.3) is 0 Å². The van der Waals surface area contributed by atoms with Gasteiger partial charge in [-0.3, -0.25) is 0 Å². The zero-order valence-electron chi connectivity index (χ0n) is 8.38. The fraction of sp³-hybridized carbons (Fsp3) is 0.800. The van der Waals surface area contributed by atoms with E-state index in [0.717, 1.165) is 12.8 Å². The van der Waals surface area contributed by atoms with Crippen LogP contribution in [0.3, 0.4) is 0 Å². The lowest BCUT2D eigenvalue weighted by atomic mass is 9.77. The average molecular weight is 249 g/mol. The number of alkyl halides is 1. The number of rotatable bonds is 2. The molecule has 0 radical (unpaired) electrons. The maximum atomic E-state index is 9.62. The van der Waals surface area contributed by atoms with E-state index in [4.69, 9.17) is 4.74 Å².